The highest BCUT2D eigenvalue weighted by molar-refractivity contribution is 5.54. The third-order valence-corrected chi connectivity index (χ3v) is 6.41. The van der Waals surface area contributed by atoms with Crippen LogP contribution in [0.15, 0.2) is 81.5 Å². The number of nitrogens with one attached hydrogen (secondary N) is 2. The molecule has 0 aromatic carbocycles. The van der Waals surface area contributed by atoms with Crippen molar-refractivity contribution in [3.8, 4) is 24.3 Å². The molecular weight excluding hydrogens is 472 g/mol. The van der Waals surface area contributed by atoms with Gasteiger partial charge in [0.05, 0.1) is 69.8 Å². The maximum atomic E-state index is 9.35. The van der Waals surface area contributed by atoms with E-state index in [1.165, 1.54) is 0 Å². The molecule has 0 fully saturated rings. The summed E-state index contributed by atoms with van der Waals surface area (Å²) >= 11 is 0. The Morgan fingerprint density at radius 2 is 0.816 bits per heavy atom. The summed E-state index contributed by atoms with van der Waals surface area (Å²) in [6.45, 7) is 11.2. The Kier molecular flexibility index (Phi) is 8.44. The number of pyridine rings is 2. The van der Waals surface area contributed by atoms with Gasteiger partial charge in [0.1, 0.15) is 0 Å². The number of dihydropyridines is 2. The van der Waals surface area contributed by atoms with E-state index < -0.39 is 0 Å². The van der Waals surface area contributed by atoms with Crippen molar-refractivity contribution in [2.75, 3.05) is 0 Å². The molecule has 0 bridgehead atoms. The molecule has 2 aromatic heterocycles. The van der Waals surface area contributed by atoms with Gasteiger partial charge in [0.2, 0.25) is 0 Å². The van der Waals surface area contributed by atoms with E-state index in [1.54, 1.807) is 0 Å². The van der Waals surface area contributed by atoms with Crippen molar-refractivity contribution in [3.05, 3.63) is 104 Å². The van der Waals surface area contributed by atoms with Gasteiger partial charge in [-0.05, 0) is 65.8 Å². The largest absolute Gasteiger partial charge is 0.361 e. The number of hydrogen-bond acceptors (Lipinski definition) is 8. The Balaban J connectivity index is 0.000000211. The van der Waals surface area contributed by atoms with Crippen molar-refractivity contribution in [2.24, 2.45) is 0 Å². The summed E-state index contributed by atoms with van der Waals surface area (Å²) in [7, 11) is 0. The van der Waals surface area contributed by atoms with Gasteiger partial charge in [0.25, 0.3) is 0 Å². The summed E-state index contributed by atoms with van der Waals surface area (Å²) in [4.78, 5) is 8.93. The SMILES string of the molecule is CC1=C(C#N)C(c2cccc(C)n2)C(C#N)=C(C)N1.CC1=C(C#N)C(c2cccc(C)n2)C(C#N)=C(C)N1. The fourth-order valence-corrected chi connectivity index (χ4v) is 4.62. The van der Waals surface area contributed by atoms with E-state index in [4.69, 9.17) is 0 Å². The summed E-state index contributed by atoms with van der Waals surface area (Å²) in [5, 5.41) is 43.6. The summed E-state index contributed by atoms with van der Waals surface area (Å²) in [6, 6.07) is 20.1. The molecule has 0 unspecified atom stereocenters. The predicted octanol–water partition coefficient (Wildman–Crippen LogP) is 5.34. The van der Waals surface area contributed by atoms with Gasteiger partial charge in [0.15, 0.2) is 0 Å². The lowest BCUT2D eigenvalue weighted by Crippen LogP contribution is -2.24. The number of hydrogen-bond donors (Lipinski definition) is 2. The van der Waals surface area contributed by atoms with Crippen LogP contribution in [0.4, 0.5) is 0 Å². The highest BCUT2D eigenvalue weighted by Crippen LogP contribution is 2.37. The molecule has 2 aliphatic rings. The number of nitriles is 4. The van der Waals surface area contributed by atoms with E-state index in [-0.39, 0.29) is 11.8 Å². The average molecular weight is 501 g/mol. The van der Waals surface area contributed by atoms with E-state index in [0.29, 0.717) is 22.3 Å². The highest BCUT2D eigenvalue weighted by atomic mass is 14.9. The smallest absolute Gasteiger partial charge is 0.0976 e. The summed E-state index contributed by atoms with van der Waals surface area (Å²) in [6.07, 6.45) is 0. The maximum absolute atomic E-state index is 9.35. The van der Waals surface area contributed by atoms with Crippen molar-refractivity contribution < 1.29 is 0 Å². The van der Waals surface area contributed by atoms with Crippen LogP contribution >= 0.6 is 0 Å². The Morgan fingerprint density at radius 3 is 1.05 bits per heavy atom. The molecule has 0 spiro atoms. The van der Waals surface area contributed by atoms with Crippen molar-refractivity contribution in [1.82, 2.24) is 20.6 Å². The van der Waals surface area contributed by atoms with Crippen LogP contribution in [0.3, 0.4) is 0 Å². The first kappa shape index (κ1) is 27.4. The van der Waals surface area contributed by atoms with Crippen molar-refractivity contribution in [3.63, 3.8) is 0 Å². The topological polar surface area (TPSA) is 145 Å². The van der Waals surface area contributed by atoms with Crippen LogP contribution in [0.2, 0.25) is 0 Å². The van der Waals surface area contributed by atoms with Gasteiger partial charge in [-0.15, -0.1) is 0 Å². The van der Waals surface area contributed by atoms with Gasteiger partial charge in [-0.25, -0.2) is 0 Å². The molecular formula is C30H28N8. The zero-order valence-electron chi connectivity index (χ0n) is 22.3. The van der Waals surface area contributed by atoms with E-state index in [1.807, 2.05) is 77.9 Å². The first-order valence-electron chi connectivity index (χ1n) is 12.0. The fourth-order valence-electron chi connectivity index (χ4n) is 4.62. The molecule has 8 nitrogen and oxygen atoms in total. The first-order chi connectivity index (χ1) is 18.2. The van der Waals surface area contributed by atoms with E-state index in [9.17, 15) is 21.0 Å². The third kappa shape index (κ3) is 5.46. The average Bonchev–Trinajstić information content (AvgIpc) is 2.88. The Morgan fingerprint density at radius 1 is 0.526 bits per heavy atom. The Hall–Kier alpha value is -5.18. The van der Waals surface area contributed by atoms with Crippen molar-refractivity contribution in [1.29, 1.82) is 21.0 Å². The van der Waals surface area contributed by atoms with Crippen LogP contribution in [0.5, 0.6) is 0 Å². The van der Waals surface area contributed by atoms with Crippen LogP contribution in [0.25, 0.3) is 0 Å². The second-order valence-electron chi connectivity index (χ2n) is 9.13. The normalized spacial score (nSPS) is 15.8. The molecule has 0 radical (unpaired) electrons. The maximum Gasteiger partial charge on any atom is 0.0976 e. The zero-order valence-corrected chi connectivity index (χ0v) is 22.3. The summed E-state index contributed by atoms with van der Waals surface area (Å²) in [5.74, 6) is -0.729. The quantitative estimate of drug-likeness (QED) is 0.562. The molecule has 2 N–H and O–H groups in total. The molecule has 0 saturated heterocycles. The second kappa shape index (κ2) is 11.7. The van der Waals surface area contributed by atoms with Crippen LogP contribution in [0, 0.1) is 59.2 Å². The van der Waals surface area contributed by atoms with Gasteiger partial charge in [-0.1, -0.05) is 12.1 Å². The number of rotatable bonds is 2. The Labute approximate surface area is 223 Å². The number of allylic oxidation sites excluding steroid dienone is 8. The van der Waals surface area contributed by atoms with E-state index in [2.05, 4.69) is 44.9 Å². The fraction of sp³-hybridized carbons (Fsp3) is 0.267. The van der Waals surface area contributed by atoms with Gasteiger partial charge in [-0.3, -0.25) is 9.97 Å². The van der Waals surface area contributed by atoms with Gasteiger partial charge in [0, 0.05) is 34.2 Å². The molecule has 0 saturated carbocycles. The van der Waals surface area contributed by atoms with Gasteiger partial charge >= 0.3 is 0 Å². The number of aromatic nitrogens is 2. The van der Waals surface area contributed by atoms with Crippen molar-refractivity contribution >= 4 is 0 Å². The van der Waals surface area contributed by atoms with E-state index in [0.717, 1.165) is 45.6 Å². The molecule has 4 heterocycles. The molecule has 8 heteroatoms. The minimum Gasteiger partial charge on any atom is -0.361 e. The molecule has 4 rings (SSSR count). The monoisotopic (exact) mass is 500 g/mol. The first-order valence-corrected chi connectivity index (χ1v) is 12.0. The van der Waals surface area contributed by atoms with E-state index >= 15 is 0 Å². The van der Waals surface area contributed by atoms with Crippen LogP contribution in [-0.2, 0) is 0 Å². The summed E-state index contributed by atoms with van der Waals surface area (Å²) in [5.41, 5.74) is 8.60. The van der Waals surface area contributed by atoms with Crippen LogP contribution in [0.1, 0.15) is 62.3 Å². The molecule has 0 atom stereocenters. The third-order valence-electron chi connectivity index (χ3n) is 6.41. The molecule has 38 heavy (non-hydrogen) atoms. The lowest BCUT2D eigenvalue weighted by Gasteiger charge is -2.25. The van der Waals surface area contributed by atoms with Gasteiger partial charge < -0.3 is 10.6 Å². The number of aryl methyl sites for hydroxylation is 2. The Bertz CT molecular complexity index is 1380. The lowest BCUT2D eigenvalue weighted by molar-refractivity contribution is 0.792. The molecule has 2 aliphatic heterocycles. The standard InChI is InChI=1S/2C15H14N4/c2*1-9-5-4-6-14(18-9)15-12(7-16)10(2)19-11(3)13(15)8-17/h2*4-6,15,19H,1-3H3. The van der Waals surface area contributed by atoms with Gasteiger partial charge in [-0.2, -0.15) is 21.0 Å². The van der Waals surface area contributed by atoms with Crippen molar-refractivity contribution in [2.45, 2.75) is 53.4 Å². The molecule has 188 valence electrons. The lowest BCUT2D eigenvalue weighted by atomic mass is 9.84. The zero-order chi connectivity index (χ0) is 28.0. The minimum atomic E-state index is -0.365. The number of nitrogens with zero attached hydrogens (tertiary/aromatic N) is 6. The molecule has 0 amide bonds. The highest BCUT2D eigenvalue weighted by Gasteiger charge is 2.31. The molecule has 2 aromatic rings. The minimum absolute atomic E-state index is 0.365. The summed E-state index contributed by atoms with van der Waals surface area (Å²) < 4.78 is 0. The second-order valence-corrected chi connectivity index (χ2v) is 9.13. The van der Waals surface area contributed by atoms with Crippen LogP contribution < -0.4 is 10.6 Å². The predicted molar refractivity (Wildman–Crippen MR) is 143 cm³/mol. The molecule has 0 aliphatic carbocycles. The van der Waals surface area contributed by atoms with Crippen LogP contribution in [-0.4, -0.2) is 9.97 Å².